The van der Waals surface area contributed by atoms with Crippen molar-refractivity contribution in [2.24, 2.45) is 5.92 Å². The molecule has 1 aliphatic heterocycles. The molecule has 1 N–H and O–H groups in total. The molecule has 1 saturated heterocycles. The van der Waals surface area contributed by atoms with Crippen molar-refractivity contribution in [1.82, 2.24) is 5.32 Å². The molecule has 0 bridgehead atoms. The quantitative estimate of drug-likeness (QED) is 0.547. The van der Waals surface area contributed by atoms with E-state index in [-0.39, 0.29) is 41.6 Å². The van der Waals surface area contributed by atoms with Crippen molar-refractivity contribution in [2.45, 2.75) is 44.9 Å². The molecule has 1 fully saturated rings. The highest BCUT2D eigenvalue weighted by Crippen LogP contribution is 2.20. The molecule has 0 radical (unpaired) electrons. The van der Waals surface area contributed by atoms with E-state index >= 15 is 0 Å². The van der Waals surface area contributed by atoms with E-state index in [4.69, 9.17) is 0 Å². The number of amides is 2. The number of benzene rings is 1. The van der Waals surface area contributed by atoms with Crippen molar-refractivity contribution in [2.75, 3.05) is 11.5 Å². The van der Waals surface area contributed by atoms with E-state index in [2.05, 4.69) is 5.32 Å². The zero-order valence-electron chi connectivity index (χ0n) is 14.0. The Morgan fingerprint density at radius 1 is 1.12 bits per heavy atom. The van der Waals surface area contributed by atoms with Crippen LogP contribution in [0.2, 0.25) is 0 Å². The van der Waals surface area contributed by atoms with Gasteiger partial charge >= 0.3 is 0 Å². The van der Waals surface area contributed by atoms with Crippen molar-refractivity contribution >= 4 is 21.7 Å². The van der Waals surface area contributed by atoms with Crippen LogP contribution < -0.4 is 5.32 Å². The summed E-state index contributed by atoms with van der Waals surface area (Å²) >= 11 is 0. The van der Waals surface area contributed by atoms with Crippen LogP contribution in [0.1, 0.15) is 50.5 Å². The van der Waals surface area contributed by atoms with Gasteiger partial charge in [0.25, 0.3) is 0 Å². The van der Waals surface area contributed by atoms with Gasteiger partial charge in [-0.1, -0.05) is 50.1 Å². The first kappa shape index (κ1) is 18.6. The third-order valence-corrected chi connectivity index (χ3v) is 6.36. The third-order valence-electron chi connectivity index (χ3n) is 4.45. The van der Waals surface area contributed by atoms with Gasteiger partial charge in [0.2, 0.25) is 11.8 Å². The maximum absolute atomic E-state index is 12.2. The Balaban J connectivity index is 1.67. The van der Waals surface area contributed by atoms with Crippen LogP contribution in [0, 0.1) is 5.92 Å². The van der Waals surface area contributed by atoms with E-state index in [1.54, 1.807) is 0 Å². The normalized spacial score (nSPS) is 19.3. The van der Waals surface area contributed by atoms with Gasteiger partial charge in [-0.2, -0.15) is 0 Å². The number of hydrogen-bond donors (Lipinski definition) is 1. The Morgan fingerprint density at radius 3 is 2.46 bits per heavy atom. The minimum absolute atomic E-state index is 0.00982. The lowest BCUT2D eigenvalue weighted by Crippen LogP contribution is -2.22. The second-order valence-corrected chi connectivity index (χ2v) is 8.82. The van der Waals surface area contributed by atoms with Crippen LogP contribution in [-0.2, 0) is 19.4 Å². The van der Waals surface area contributed by atoms with Crippen LogP contribution in [0.3, 0.4) is 0 Å². The van der Waals surface area contributed by atoms with Gasteiger partial charge in [-0.15, -0.1) is 0 Å². The van der Waals surface area contributed by atoms with E-state index in [0.717, 1.165) is 18.4 Å². The number of rotatable bonds is 9. The van der Waals surface area contributed by atoms with Gasteiger partial charge in [0.1, 0.15) is 0 Å². The fourth-order valence-electron chi connectivity index (χ4n) is 3.07. The third kappa shape index (κ3) is 5.74. The molecule has 1 heterocycles. The standard InChI is InChI=1S/C18H25NO4S/c1-14(15-8-4-2-5-9-15)13-24(22,23)11-7-3-6-10-16-12-17(20)19-18(16)21/h2,4-5,8-9,14,16H,3,6-7,10-13H2,1H3,(H,19,20,21)/t14-,16?/m0/s1. The number of hydrogen-bond acceptors (Lipinski definition) is 4. The molecular formula is C18H25NO4S. The molecule has 0 aliphatic carbocycles. The Morgan fingerprint density at radius 2 is 1.83 bits per heavy atom. The van der Waals surface area contributed by atoms with Crippen LogP contribution in [0.5, 0.6) is 0 Å². The fraction of sp³-hybridized carbons (Fsp3) is 0.556. The second-order valence-electron chi connectivity index (χ2n) is 6.59. The molecule has 1 unspecified atom stereocenters. The van der Waals surface area contributed by atoms with Gasteiger partial charge in [0.05, 0.1) is 11.5 Å². The van der Waals surface area contributed by atoms with Crippen LogP contribution >= 0.6 is 0 Å². The highest BCUT2D eigenvalue weighted by atomic mass is 32.2. The summed E-state index contributed by atoms with van der Waals surface area (Å²) in [6, 6.07) is 9.66. The Labute approximate surface area is 143 Å². The Bertz CT molecular complexity index is 670. The van der Waals surface area contributed by atoms with Crippen LogP contribution in [0.4, 0.5) is 0 Å². The fourth-order valence-corrected chi connectivity index (χ4v) is 4.84. The van der Waals surface area contributed by atoms with Crippen LogP contribution in [0.25, 0.3) is 0 Å². The molecule has 0 spiro atoms. The van der Waals surface area contributed by atoms with E-state index in [9.17, 15) is 18.0 Å². The summed E-state index contributed by atoms with van der Waals surface area (Å²) in [5.74, 6) is -0.292. The first-order valence-electron chi connectivity index (χ1n) is 8.46. The summed E-state index contributed by atoms with van der Waals surface area (Å²) in [5, 5.41) is 2.30. The summed E-state index contributed by atoms with van der Waals surface area (Å²) in [7, 11) is -3.08. The predicted octanol–water partition coefficient (Wildman–Crippen LogP) is 2.43. The summed E-state index contributed by atoms with van der Waals surface area (Å²) in [6.45, 7) is 1.93. The van der Waals surface area contributed by atoms with Crippen LogP contribution in [-0.4, -0.2) is 31.7 Å². The first-order chi connectivity index (χ1) is 11.4. The summed E-state index contributed by atoms with van der Waals surface area (Å²) in [4.78, 5) is 22.5. The number of unbranched alkanes of at least 4 members (excludes halogenated alkanes) is 2. The largest absolute Gasteiger partial charge is 0.296 e. The molecule has 0 saturated carbocycles. The van der Waals surface area contributed by atoms with Crippen LogP contribution in [0.15, 0.2) is 30.3 Å². The predicted molar refractivity (Wildman–Crippen MR) is 93.2 cm³/mol. The number of nitrogens with one attached hydrogen (secondary N) is 1. The summed E-state index contributed by atoms with van der Waals surface area (Å²) in [5.41, 5.74) is 1.04. The lowest BCUT2D eigenvalue weighted by Gasteiger charge is -2.12. The number of carbonyl (C=O) groups is 2. The molecule has 0 aromatic heterocycles. The maximum atomic E-state index is 12.2. The van der Waals surface area contributed by atoms with Crippen molar-refractivity contribution in [3.63, 3.8) is 0 Å². The zero-order valence-corrected chi connectivity index (χ0v) is 14.8. The molecule has 24 heavy (non-hydrogen) atoms. The van der Waals surface area contributed by atoms with E-state index in [0.29, 0.717) is 12.8 Å². The van der Waals surface area contributed by atoms with Gasteiger partial charge in [-0.25, -0.2) is 8.42 Å². The summed E-state index contributed by atoms with van der Waals surface area (Å²) < 4.78 is 24.4. The Kier molecular flexibility index (Phi) is 6.54. The number of sulfone groups is 1. The minimum Gasteiger partial charge on any atom is -0.296 e. The summed E-state index contributed by atoms with van der Waals surface area (Å²) in [6.07, 6.45) is 3.06. The van der Waals surface area contributed by atoms with Gasteiger partial charge in [0.15, 0.2) is 9.84 Å². The monoisotopic (exact) mass is 351 g/mol. The average Bonchev–Trinajstić information content (AvgIpc) is 2.85. The van der Waals surface area contributed by atoms with Crippen molar-refractivity contribution in [3.8, 4) is 0 Å². The lowest BCUT2D eigenvalue weighted by molar-refractivity contribution is -0.125. The number of imide groups is 1. The van der Waals surface area contributed by atoms with Crippen molar-refractivity contribution in [1.29, 1.82) is 0 Å². The zero-order chi connectivity index (χ0) is 17.6. The average molecular weight is 351 g/mol. The first-order valence-corrected chi connectivity index (χ1v) is 10.3. The molecule has 5 nitrogen and oxygen atoms in total. The van der Waals surface area contributed by atoms with Gasteiger partial charge in [0, 0.05) is 12.3 Å². The van der Waals surface area contributed by atoms with Gasteiger partial charge < -0.3 is 0 Å². The van der Waals surface area contributed by atoms with E-state index < -0.39 is 9.84 Å². The highest BCUT2D eigenvalue weighted by molar-refractivity contribution is 7.91. The van der Waals surface area contributed by atoms with Crippen molar-refractivity contribution in [3.05, 3.63) is 35.9 Å². The van der Waals surface area contributed by atoms with E-state index in [1.165, 1.54) is 0 Å². The van der Waals surface area contributed by atoms with Crippen molar-refractivity contribution < 1.29 is 18.0 Å². The van der Waals surface area contributed by atoms with Gasteiger partial charge in [-0.05, 0) is 24.3 Å². The molecule has 132 valence electrons. The highest BCUT2D eigenvalue weighted by Gasteiger charge is 2.29. The number of carbonyl (C=O) groups excluding carboxylic acids is 2. The topological polar surface area (TPSA) is 80.3 Å². The molecule has 6 heteroatoms. The molecular weight excluding hydrogens is 326 g/mol. The molecule has 1 aromatic carbocycles. The van der Waals surface area contributed by atoms with Gasteiger partial charge in [-0.3, -0.25) is 14.9 Å². The SMILES string of the molecule is C[C@@H](CS(=O)(=O)CCCCCC1CC(=O)NC1=O)c1ccccc1. The second kappa shape index (κ2) is 8.42. The molecule has 2 rings (SSSR count). The smallest absolute Gasteiger partial charge is 0.230 e. The lowest BCUT2D eigenvalue weighted by atomic mass is 10.00. The molecule has 1 aromatic rings. The minimum atomic E-state index is -3.08. The molecule has 2 amide bonds. The van der Waals surface area contributed by atoms with E-state index in [1.807, 2.05) is 37.3 Å². The Hall–Kier alpha value is -1.69. The molecule has 2 atom stereocenters. The maximum Gasteiger partial charge on any atom is 0.230 e. The molecule has 1 aliphatic rings.